The van der Waals surface area contributed by atoms with E-state index in [1.54, 1.807) is 15.8 Å². The first kappa shape index (κ1) is 16.6. The minimum absolute atomic E-state index is 0.0543. The van der Waals surface area contributed by atoms with Crippen molar-refractivity contribution < 1.29 is 4.79 Å². The van der Waals surface area contributed by atoms with Crippen molar-refractivity contribution in [1.29, 1.82) is 0 Å². The number of halogens is 1. The number of carbonyl (C=O) groups is 1. The van der Waals surface area contributed by atoms with Crippen LogP contribution in [-0.2, 0) is 20.1 Å². The summed E-state index contributed by atoms with van der Waals surface area (Å²) < 4.78 is 1.79. The van der Waals surface area contributed by atoms with Crippen LogP contribution in [0.1, 0.15) is 21.5 Å². The molecule has 132 valence electrons. The van der Waals surface area contributed by atoms with Crippen molar-refractivity contribution in [3.05, 3.63) is 71.4 Å². The topological polar surface area (TPSA) is 62.2 Å². The first-order valence-electron chi connectivity index (χ1n) is 8.28. The molecule has 0 fully saturated rings. The van der Waals surface area contributed by atoms with E-state index in [-0.39, 0.29) is 5.91 Å². The minimum atomic E-state index is -0.0543. The molecule has 2 aromatic carbocycles. The van der Waals surface area contributed by atoms with Crippen LogP contribution in [0.5, 0.6) is 0 Å². The zero-order chi connectivity index (χ0) is 18.1. The maximum absolute atomic E-state index is 13.2. The highest BCUT2D eigenvalue weighted by Crippen LogP contribution is 2.36. The molecule has 3 aromatic rings. The zero-order valence-electron chi connectivity index (χ0n) is 14.2. The number of hydrogen-bond acceptors (Lipinski definition) is 4. The summed E-state index contributed by atoms with van der Waals surface area (Å²) in [6.45, 7) is 1.00. The molecule has 2 heterocycles. The summed E-state index contributed by atoms with van der Waals surface area (Å²) in [7, 11) is 1.88. The summed E-state index contributed by atoms with van der Waals surface area (Å²) in [6, 6.07) is 15.3. The van der Waals surface area contributed by atoms with Gasteiger partial charge in [-0.3, -0.25) is 9.48 Å². The number of benzene rings is 2. The van der Waals surface area contributed by atoms with Crippen molar-refractivity contribution in [2.75, 3.05) is 10.2 Å². The van der Waals surface area contributed by atoms with Crippen LogP contribution in [0.2, 0.25) is 0 Å². The molecule has 0 aliphatic carbocycles. The Hall–Kier alpha value is -2.83. The van der Waals surface area contributed by atoms with Gasteiger partial charge in [0, 0.05) is 24.7 Å². The summed E-state index contributed by atoms with van der Waals surface area (Å²) >= 11 is 5.54. The van der Waals surface area contributed by atoms with Crippen molar-refractivity contribution in [3.8, 4) is 0 Å². The van der Waals surface area contributed by atoms with Crippen LogP contribution in [0.25, 0.3) is 0 Å². The lowest BCUT2D eigenvalue weighted by Gasteiger charge is -2.22. The fourth-order valence-corrected chi connectivity index (χ4v) is 3.29. The van der Waals surface area contributed by atoms with Crippen LogP contribution in [0, 0.1) is 0 Å². The molecule has 1 aliphatic rings. The molecular formula is C19H18ClN5O. The monoisotopic (exact) mass is 367 g/mol. The number of nitrogens with zero attached hydrogens (tertiary/aromatic N) is 3. The third-order valence-corrected chi connectivity index (χ3v) is 4.64. The molecular weight excluding hydrogens is 350 g/mol. The summed E-state index contributed by atoms with van der Waals surface area (Å²) in [4.78, 5) is 17.6. The maximum Gasteiger partial charge on any atom is 0.258 e. The van der Waals surface area contributed by atoms with Crippen LogP contribution in [0.4, 0.5) is 17.2 Å². The highest BCUT2D eigenvalue weighted by molar-refractivity contribution is 6.13. The maximum atomic E-state index is 13.2. The number of anilines is 3. The molecule has 1 amide bonds. The number of amides is 1. The second kappa shape index (κ2) is 6.82. The SMILES string of the molecule is Cn1ncc2c1Nc1ccccc1N(C(=O)c1ccc(CNCl)cc1)C2. The van der Waals surface area contributed by atoms with E-state index in [1.807, 2.05) is 55.6 Å². The summed E-state index contributed by atoms with van der Waals surface area (Å²) in [6.07, 6.45) is 1.80. The Balaban J connectivity index is 1.73. The van der Waals surface area contributed by atoms with Crippen LogP contribution in [0.3, 0.4) is 0 Å². The number of aromatic nitrogens is 2. The van der Waals surface area contributed by atoms with Gasteiger partial charge in [-0.1, -0.05) is 24.3 Å². The Morgan fingerprint density at radius 2 is 2.00 bits per heavy atom. The normalized spacial score (nSPS) is 12.8. The highest BCUT2D eigenvalue weighted by atomic mass is 35.5. The largest absolute Gasteiger partial charge is 0.338 e. The Bertz CT molecular complexity index is 951. The third kappa shape index (κ3) is 2.94. The van der Waals surface area contributed by atoms with Crippen molar-refractivity contribution in [1.82, 2.24) is 14.6 Å². The quantitative estimate of drug-likeness (QED) is 0.695. The molecule has 0 bridgehead atoms. The molecule has 0 radical (unpaired) electrons. The van der Waals surface area contributed by atoms with E-state index in [1.165, 1.54) is 0 Å². The lowest BCUT2D eigenvalue weighted by Crippen LogP contribution is -2.30. The number of carbonyl (C=O) groups excluding carboxylic acids is 1. The average Bonchev–Trinajstić information content (AvgIpc) is 2.91. The number of para-hydroxylation sites is 2. The molecule has 2 N–H and O–H groups in total. The Morgan fingerprint density at radius 1 is 1.23 bits per heavy atom. The van der Waals surface area contributed by atoms with Gasteiger partial charge in [0.25, 0.3) is 5.91 Å². The number of aryl methyl sites for hydroxylation is 1. The highest BCUT2D eigenvalue weighted by Gasteiger charge is 2.26. The Kier molecular flexibility index (Phi) is 4.36. The van der Waals surface area contributed by atoms with Gasteiger partial charge < -0.3 is 10.2 Å². The summed E-state index contributed by atoms with van der Waals surface area (Å²) in [5, 5.41) is 7.71. The van der Waals surface area contributed by atoms with Crippen LogP contribution < -0.4 is 15.1 Å². The second-order valence-electron chi connectivity index (χ2n) is 6.18. The predicted octanol–water partition coefficient (Wildman–Crippen LogP) is 3.57. The molecule has 6 nitrogen and oxygen atoms in total. The lowest BCUT2D eigenvalue weighted by molar-refractivity contribution is 0.0985. The number of hydrogen-bond donors (Lipinski definition) is 2. The van der Waals surface area contributed by atoms with Crippen molar-refractivity contribution in [3.63, 3.8) is 0 Å². The van der Waals surface area contributed by atoms with Gasteiger partial charge in [0.05, 0.1) is 24.1 Å². The van der Waals surface area contributed by atoms with E-state index in [0.717, 1.165) is 28.3 Å². The third-order valence-electron chi connectivity index (χ3n) is 4.51. The van der Waals surface area contributed by atoms with Gasteiger partial charge in [-0.15, -0.1) is 0 Å². The molecule has 1 aromatic heterocycles. The fraction of sp³-hybridized carbons (Fsp3) is 0.158. The summed E-state index contributed by atoms with van der Waals surface area (Å²) in [5.41, 5.74) is 4.35. The van der Waals surface area contributed by atoms with Gasteiger partial charge in [-0.2, -0.15) is 5.10 Å². The van der Waals surface area contributed by atoms with E-state index in [9.17, 15) is 4.79 Å². The molecule has 0 saturated carbocycles. The number of nitrogens with one attached hydrogen (secondary N) is 2. The smallest absolute Gasteiger partial charge is 0.258 e. The lowest BCUT2D eigenvalue weighted by atomic mass is 10.1. The second-order valence-corrected chi connectivity index (χ2v) is 6.45. The number of fused-ring (bicyclic) bond motifs is 2. The van der Waals surface area contributed by atoms with Gasteiger partial charge in [-0.25, -0.2) is 4.84 Å². The molecule has 0 spiro atoms. The van der Waals surface area contributed by atoms with Crippen LogP contribution in [0.15, 0.2) is 54.7 Å². The van der Waals surface area contributed by atoms with Crippen molar-refractivity contribution in [2.45, 2.75) is 13.1 Å². The van der Waals surface area contributed by atoms with Gasteiger partial charge in [0.2, 0.25) is 0 Å². The van der Waals surface area contributed by atoms with Gasteiger partial charge >= 0.3 is 0 Å². The van der Waals surface area contributed by atoms with Gasteiger partial charge in [0.1, 0.15) is 5.82 Å². The van der Waals surface area contributed by atoms with Gasteiger partial charge in [0.15, 0.2) is 0 Å². The minimum Gasteiger partial charge on any atom is -0.338 e. The Labute approximate surface area is 156 Å². The van der Waals surface area contributed by atoms with Crippen LogP contribution >= 0.6 is 11.8 Å². The van der Waals surface area contributed by atoms with E-state index >= 15 is 0 Å². The molecule has 1 aliphatic heterocycles. The van der Waals surface area contributed by atoms with Crippen molar-refractivity contribution in [2.24, 2.45) is 7.05 Å². The first-order chi connectivity index (χ1) is 12.7. The Morgan fingerprint density at radius 3 is 2.77 bits per heavy atom. The number of rotatable bonds is 3. The van der Waals surface area contributed by atoms with E-state index < -0.39 is 0 Å². The molecule has 26 heavy (non-hydrogen) atoms. The van der Waals surface area contributed by atoms with Crippen LogP contribution in [-0.4, -0.2) is 15.7 Å². The molecule has 7 heteroatoms. The van der Waals surface area contributed by atoms with E-state index in [0.29, 0.717) is 18.7 Å². The molecule has 0 saturated heterocycles. The van der Waals surface area contributed by atoms with Gasteiger partial charge in [-0.05, 0) is 41.6 Å². The summed E-state index contributed by atoms with van der Waals surface area (Å²) in [5.74, 6) is 0.845. The molecule has 4 rings (SSSR count). The average molecular weight is 368 g/mol. The van der Waals surface area contributed by atoms with E-state index in [4.69, 9.17) is 11.8 Å². The first-order valence-corrected chi connectivity index (χ1v) is 8.66. The predicted molar refractivity (Wildman–Crippen MR) is 103 cm³/mol. The van der Waals surface area contributed by atoms with Crippen molar-refractivity contribution >= 4 is 34.9 Å². The van der Waals surface area contributed by atoms with E-state index in [2.05, 4.69) is 15.3 Å². The standard InChI is InChI=1S/C19H18ClN5O/c1-24-18-15(11-22-24)12-25(17-5-3-2-4-16(17)23-18)19(26)14-8-6-13(7-9-14)10-21-20/h2-9,11,21,23H,10,12H2,1H3. The molecule has 0 atom stereocenters. The molecule has 0 unspecified atom stereocenters. The zero-order valence-corrected chi connectivity index (χ0v) is 15.0. The fourth-order valence-electron chi connectivity index (χ4n) is 3.14.